The lowest BCUT2D eigenvalue weighted by Crippen LogP contribution is -2.43. The predicted molar refractivity (Wildman–Crippen MR) is 143 cm³/mol. The van der Waals surface area contributed by atoms with E-state index in [0.29, 0.717) is 28.8 Å². The Kier molecular flexibility index (Phi) is 8.00. The second-order valence-electron chi connectivity index (χ2n) is 8.90. The Balaban J connectivity index is 0.00000172. The zero-order valence-corrected chi connectivity index (χ0v) is 21.8. The second-order valence-corrected chi connectivity index (χ2v) is 8.90. The van der Waals surface area contributed by atoms with Gasteiger partial charge < -0.3 is 21.1 Å². The summed E-state index contributed by atoms with van der Waals surface area (Å²) in [5, 5.41) is 17.1. The zero-order valence-electron chi connectivity index (χ0n) is 21.8. The van der Waals surface area contributed by atoms with Gasteiger partial charge in [0.25, 0.3) is 0 Å². The van der Waals surface area contributed by atoms with E-state index < -0.39 is 18.2 Å². The predicted octanol–water partition coefficient (Wildman–Crippen LogP) is 4.44. The summed E-state index contributed by atoms with van der Waals surface area (Å²) in [6, 6.07) is 12.7. The van der Waals surface area contributed by atoms with Crippen molar-refractivity contribution in [2.24, 2.45) is 12.5 Å². The van der Waals surface area contributed by atoms with Crippen molar-refractivity contribution < 1.29 is 18.3 Å². The maximum atomic E-state index is 13.5. The van der Waals surface area contributed by atoms with Gasteiger partial charge in [-0.3, -0.25) is 0 Å². The second kappa shape index (κ2) is 11.2. The van der Waals surface area contributed by atoms with E-state index in [2.05, 4.69) is 30.4 Å². The van der Waals surface area contributed by atoms with E-state index in [1.807, 2.05) is 38.1 Å². The van der Waals surface area contributed by atoms with Gasteiger partial charge in [-0.1, -0.05) is 26.0 Å². The first-order valence-corrected chi connectivity index (χ1v) is 12.4. The summed E-state index contributed by atoms with van der Waals surface area (Å²) in [7, 11) is 1.74. The number of hydrogen-bond donors (Lipinski definition) is 3. The van der Waals surface area contributed by atoms with Gasteiger partial charge in [-0.25, -0.2) is 19.6 Å². The lowest BCUT2D eigenvalue weighted by Gasteiger charge is -2.29. The van der Waals surface area contributed by atoms with Crippen LogP contribution in [0.4, 0.5) is 36.6 Å². The third-order valence-electron chi connectivity index (χ3n) is 6.46. The number of aryl methyl sites for hydroxylation is 1. The highest BCUT2D eigenvalue weighted by atomic mass is 19.4. The average molecular weight is 542 g/mol. The Hall–Kier alpha value is -4.26. The number of aliphatic hydroxyl groups is 1. The third kappa shape index (κ3) is 5.77. The van der Waals surface area contributed by atoms with Crippen LogP contribution >= 0.6 is 0 Å². The van der Waals surface area contributed by atoms with Gasteiger partial charge in [0.2, 0.25) is 11.9 Å². The number of nitrogens with two attached hydrogens (primary N) is 1. The fraction of sp³-hybridized carbons (Fsp3) is 0.346. The van der Waals surface area contributed by atoms with Gasteiger partial charge in [-0.05, 0) is 36.8 Å². The van der Waals surface area contributed by atoms with Crippen LogP contribution in [-0.4, -0.2) is 60.7 Å². The lowest BCUT2D eigenvalue weighted by atomic mass is 9.87. The SMILES string of the molecule is CC.Cn1nc(-c2ccc(N3CCC(CO)(C(F)(F)F)C3)nc2)nc1Nc1ccc(-c2ccnc(N)n2)cc1. The Morgan fingerprint density at radius 1 is 1.03 bits per heavy atom. The Labute approximate surface area is 223 Å². The topological polar surface area (TPSA) is 131 Å². The van der Waals surface area contributed by atoms with Crippen molar-refractivity contribution in [2.45, 2.75) is 26.4 Å². The molecule has 0 amide bonds. The molecule has 13 heteroatoms. The summed E-state index contributed by atoms with van der Waals surface area (Å²) in [6.07, 6.45) is -1.53. The number of pyridine rings is 1. The van der Waals surface area contributed by atoms with Gasteiger partial charge >= 0.3 is 6.18 Å². The Bertz CT molecular complexity index is 1390. The highest BCUT2D eigenvalue weighted by Crippen LogP contribution is 2.45. The number of nitrogens with zero attached hydrogens (tertiary/aromatic N) is 7. The Morgan fingerprint density at radius 2 is 1.74 bits per heavy atom. The first-order chi connectivity index (χ1) is 18.7. The van der Waals surface area contributed by atoms with Crippen LogP contribution in [0, 0.1) is 5.41 Å². The molecular formula is C26H30F3N9O. The lowest BCUT2D eigenvalue weighted by molar-refractivity contribution is -0.227. The quantitative estimate of drug-likeness (QED) is 0.324. The molecule has 1 aliphatic rings. The monoisotopic (exact) mass is 541 g/mol. The molecule has 0 bridgehead atoms. The van der Waals surface area contributed by atoms with Crippen LogP contribution in [-0.2, 0) is 7.05 Å². The number of hydrogen-bond acceptors (Lipinski definition) is 9. The minimum atomic E-state index is -4.48. The van der Waals surface area contributed by atoms with E-state index in [1.165, 1.54) is 11.1 Å². The summed E-state index contributed by atoms with van der Waals surface area (Å²) in [4.78, 5) is 18.5. The number of aliphatic hydroxyl groups excluding tert-OH is 1. The van der Waals surface area contributed by atoms with E-state index in [0.717, 1.165) is 11.3 Å². The van der Waals surface area contributed by atoms with E-state index in [9.17, 15) is 18.3 Å². The van der Waals surface area contributed by atoms with Gasteiger partial charge in [0.05, 0.1) is 12.3 Å². The van der Waals surface area contributed by atoms with Gasteiger partial charge in [0.15, 0.2) is 5.82 Å². The summed E-state index contributed by atoms with van der Waals surface area (Å²) < 4.78 is 42.0. The minimum Gasteiger partial charge on any atom is -0.395 e. The van der Waals surface area contributed by atoms with Crippen LogP contribution in [0.1, 0.15) is 20.3 Å². The molecule has 1 fully saturated rings. The fourth-order valence-corrected chi connectivity index (χ4v) is 4.23. The van der Waals surface area contributed by atoms with Crippen LogP contribution < -0.4 is 16.0 Å². The summed E-state index contributed by atoms with van der Waals surface area (Å²) in [5.41, 5.74) is 6.53. The van der Waals surface area contributed by atoms with Gasteiger partial charge in [-0.15, -0.1) is 5.10 Å². The van der Waals surface area contributed by atoms with E-state index in [1.54, 1.807) is 36.1 Å². The molecule has 39 heavy (non-hydrogen) atoms. The van der Waals surface area contributed by atoms with Crippen LogP contribution in [0.25, 0.3) is 22.6 Å². The molecule has 1 aliphatic heterocycles. The van der Waals surface area contributed by atoms with Crippen LogP contribution in [0.2, 0.25) is 0 Å². The van der Waals surface area contributed by atoms with Gasteiger partial charge in [0, 0.05) is 49.3 Å². The molecular weight excluding hydrogens is 511 g/mol. The molecule has 3 aromatic heterocycles. The summed E-state index contributed by atoms with van der Waals surface area (Å²) in [5.74, 6) is 1.52. The molecule has 4 N–H and O–H groups in total. The number of alkyl halides is 3. The highest BCUT2D eigenvalue weighted by molar-refractivity contribution is 5.66. The molecule has 0 radical (unpaired) electrons. The van der Waals surface area contributed by atoms with Crippen molar-refractivity contribution >= 4 is 23.4 Å². The van der Waals surface area contributed by atoms with E-state index >= 15 is 0 Å². The standard InChI is InChI=1S/C24H24F3N9O.C2H6/c1-35-22(31-17-5-2-15(3-6-17)18-8-10-29-21(28)32-18)33-20(34-35)16-4-7-19(30-12-16)36-11-9-23(13-36,14-37)24(25,26)27;1-2/h2-8,10,12,37H,9,11,13-14H2,1H3,(H2,28,29,32)(H,31,33,34);1-2H3. The molecule has 1 unspecified atom stereocenters. The molecule has 5 rings (SSSR count). The van der Waals surface area contributed by atoms with Crippen molar-refractivity contribution in [1.82, 2.24) is 29.7 Å². The molecule has 0 aliphatic carbocycles. The molecule has 0 saturated carbocycles. The first kappa shape index (κ1) is 27.8. The van der Waals surface area contributed by atoms with Crippen molar-refractivity contribution in [3.8, 4) is 22.6 Å². The molecule has 4 heterocycles. The number of rotatable bonds is 6. The van der Waals surface area contributed by atoms with Crippen LogP contribution in [0.3, 0.4) is 0 Å². The molecule has 10 nitrogen and oxygen atoms in total. The van der Waals surface area contributed by atoms with Gasteiger partial charge in [-0.2, -0.15) is 18.2 Å². The molecule has 1 saturated heterocycles. The maximum absolute atomic E-state index is 13.5. The first-order valence-electron chi connectivity index (χ1n) is 12.4. The summed E-state index contributed by atoms with van der Waals surface area (Å²) >= 11 is 0. The minimum absolute atomic E-state index is 0.158. The van der Waals surface area contributed by atoms with Crippen molar-refractivity contribution in [2.75, 3.05) is 35.6 Å². The number of halogens is 3. The number of anilines is 4. The zero-order chi connectivity index (χ0) is 28.2. The third-order valence-corrected chi connectivity index (χ3v) is 6.46. The molecule has 1 atom stereocenters. The number of nitrogens with one attached hydrogen (secondary N) is 1. The average Bonchev–Trinajstić information content (AvgIpc) is 3.55. The molecule has 206 valence electrons. The maximum Gasteiger partial charge on any atom is 0.398 e. The molecule has 1 aromatic carbocycles. The highest BCUT2D eigenvalue weighted by Gasteiger charge is 2.57. The van der Waals surface area contributed by atoms with E-state index in [4.69, 9.17) is 5.73 Å². The molecule has 4 aromatic rings. The fourth-order valence-electron chi connectivity index (χ4n) is 4.23. The van der Waals surface area contributed by atoms with Crippen molar-refractivity contribution in [3.05, 3.63) is 54.9 Å². The van der Waals surface area contributed by atoms with Gasteiger partial charge in [0.1, 0.15) is 11.2 Å². The number of benzene rings is 1. The largest absolute Gasteiger partial charge is 0.398 e. The smallest absolute Gasteiger partial charge is 0.395 e. The summed E-state index contributed by atoms with van der Waals surface area (Å²) in [6.45, 7) is 2.88. The van der Waals surface area contributed by atoms with Crippen LogP contribution in [0.15, 0.2) is 54.9 Å². The normalized spacial score (nSPS) is 17.1. The van der Waals surface area contributed by atoms with Crippen molar-refractivity contribution in [1.29, 1.82) is 0 Å². The van der Waals surface area contributed by atoms with E-state index in [-0.39, 0.29) is 25.5 Å². The Morgan fingerprint density at radius 3 is 2.33 bits per heavy atom. The van der Waals surface area contributed by atoms with Crippen molar-refractivity contribution in [3.63, 3.8) is 0 Å². The molecule has 0 spiro atoms. The number of nitrogen functional groups attached to an aromatic ring is 1. The number of aromatic nitrogens is 6. The van der Waals surface area contributed by atoms with Crippen LogP contribution in [0.5, 0.6) is 0 Å².